The average Bonchev–Trinajstić information content (AvgIpc) is 3.09. The first-order chi connectivity index (χ1) is 12.4. The van der Waals surface area contributed by atoms with Crippen molar-refractivity contribution in [1.82, 2.24) is 20.4 Å². The molecule has 1 aromatic heterocycles. The molecule has 0 radical (unpaired) electrons. The quantitative estimate of drug-likeness (QED) is 0.847. The molecule has 1 aliphatic carbocycles. The van der Waals surface area contributed by atoms with Gasteiger partial charge in [-0.25, -0.2) is 0 Å². The highest BCUT2D eigenvalue weighted by atomic mass is 16.2. The highest BCUT2D eigenvalue weighted by molar-refractivity contribution is 5.92. The third kappa shape index (κ3) is 4.27. The molecule has 2 fully saturated rings. The number of carbonyl (C=O) groups is 2. The summed E-state index contributed by atoms with van der Waals surface area (Å²) in [6, 6.07) is 1.71. The molecular weight excluding hydrogens is 328 g/mol. The second-order valence-corrected chi connectivity index (χ2v) is 8.99. The topological polar surface area (TPSA) is 78.1 Å². The van der Waals surface area contributed by atoms with Crippen molar-refractivity contribution in [2.24, 2.45) is 23.2 Å². The summed E-state index contributed by atoms with van der Waals surface area (Å²) in [6.45, 7) is 8.73. The molecule has 6 heteroatoms. The molecule has 26 heavy (non-hydrogen) atoms. The molecule has 0 aromatic carbocycles. The van der Waals surface area contributed by atoms with Gasteiger partial charge in [-0.2, -0.15) is 5.10 Å². The Hall–Kier alpha value is -1.85. The van der Waals surface area contributed by atoms with E-state index in [1.54, 1.807) is 12.3 Å². The summed E-state index contributed by atoms with van der Waals surface area (Å²) in [6.07, 6.45) is 7.09. The molecule has 2 N–H and O–H groups in total. The number of piperidine rings is 1. The molecule has 0 bridgehead atoms. The maximum absolute atomic E-state index is 12.8. The van der Waals surface area contributed by atoms with Crippen molar-refractivity contribution < 1.29 is 9.59 Å². The average molecular weight is 361 g/mol. The molecule has 2 aliphatic rings. The van der Waals surface area contributed by atoms with Crippen LogP contribution in [0.1, 0.15) is 63.4 Å². The van der Waals surface area contributed by atoms with Crippen LogP contribution in [0.5, 0.6) is 0 Å². The molecule has 1 unspecified atom stereocenters. The molecule has 2 heterocycles. The van der Waals surface area contributed by atoms with E-state index in [2.05, 4.69) is 36.3 Å². The zero-order chi connectivity index (χ0) is 18.7. The molecule has 1 atom stereocenters. The highest BCUT2D eigenvalue weighted by Gasteiger charge is 2.40. The monoisotopic (exact) mass is 360 g/mol. The van der Waals surface area contributed by atoms with Gasteiger partial charge in [-0.1, -0.05) is 27.2 Å². The maximum atomic E-state index is 12.8. The van der Waals surface area contributed by atoms with Crippen LogP contribution < -0.4 is 5.32 Å². The van der Waals surface area contributed by atoms with Gasteiger partial charge < -0.3 is 10.2 Å². The second kappa shape index (κ2) is 7.80. The zero-order valence-corrected chi connectivity index (χ0v) is 16.3. The minimum Gasteiger partial charge on any atom is -0.356 e. The minimum absolute atomic E-state index is 0.00896. The van der Waals surface area contributed by atoms with E-state index in [1.807, 2.05) is 4.90 Å². The summed E-state index contributed by atoms with van der Waals surface area (Å²) in [4.78, 5) is 27.0. The van der Waals surface area contributed by atoms with E-state index < -0.39 is 0 Å². The van der Waals surface area contributed by atoms with E-state index in [4.69, 9.17) is 0 Å². The van der Waals surface area contributed by atoms with E-state index in [-0.39, 0.29) is 23.1 Å². The zero-order valence-electron chi connectivity index (χ0n) is 16.3. The number of amides is 2. The molecule has 2 amide bonds. The van der Waals surface area contributed by atoms with Crippen LogP contribution in [-0.4, -0.2) is 46.5 Å². The van der Waals surface area contributed by atoms with Crippen LogP contribution in [0.4, 0.5) is 0 Å². The molecule has 1 saturated heterocycles. The number of carbonyl (C=O) groups excluding carboxylic acids is 2. The molecule has 3 rings (SSSR count). The summed E-state index contributed by atoms with van der Waals surface area (Å²) in [5.41, 5.74) is 0.556. The van der Waals surface area contributed by atoms with E-state index in [0.29, 0.717) is 17.5 Å². The summed E-state index contributed by atoms with van der Waals surface area (Å²) < 4.78 is 0. The van der Waals surface area contributed by atoms with Gasteiger partial charge >= 0.3 is 0 Å². The van der Waals surface area contributed by atoms with Gasteiger partial charge in [0.25, 0.3) is 5.91 Å². The number of likely N-dealkylation sites (tertiary alicyclic amines) is 1. The van der Waals surface area contributed by atoms with Crippen LogP contribution in [0, 0.1) is 23.2 Å². The molecular formula is C20H32N4O2. The number of hydrogen-bond donors (Lipinski definition) is 2. The highest BCUT2D eigenvalue weighted by Crippen LogP contribution is 2.42. The number of hydrogen-bond acceptors (Lipinski definition) is 3. The van der Waals surface area contributed by atoms with Crippen molar-refractivity contribution in [2.45, 2.75) is 52.9 Å². The minimum atomic E-state index is 0.00896. The Labute approximate surface area is 156 Å². The Morgan fingerprint density at radius 3 is 2.46 bits per heavy atom. The number of H-pyrrole nitrogens is 1. The lowest BCUT2D eigenvalue weighted by atomic mass is 9.65. The lowest BCUT2D eigenvalue weighted by Crippen LogP contribution is -2.47. The van der Waals surface area contributed by atoms with Gasteiger partial charge in [-0.15, -0.1) is 0 Å². The normalized spacial score (nSPS) is 20.5. The molecule has 144 valence electrons. The van der Waals surface area contributed by atoms with Crippen molar-refractivity contribution in [1.29, 1.82) is 0 Å². The lowest BCUT2D eigenvalue weighted by Gasteiger charge is -2.41. The molecule has 1 aromatic rings. The molecule has 0 spiro atoms. The number of aromatic nitrogens is 2. The van der Waals surface area contributed by atoms with E-state index >= 15 is 0 Å². The van der Waals surface area contributed by atoms with Crippen molar-refractivity contribution in [3.63, 3.8) is 0 Å². The van der Waals surface area contributed by atoms with Gasteiger partial charge in [0.05, 0.1) is 0 Å². The van der Waals surface area contributed by atoms with Gasteiger partial charge in [0.1, 0.15) is 5.69 Å². The van der Waals surface area contributed by atoms with Crippen LogP contribution >= 0.6 is 0 Å². The first-order valence-corrected chi connectivity index (χ1v) is 9.92. The largest absolute Gasteiger partial charge is 0.356 e. The van der Waals surface area contributed by atoms with Crippen molar-refractivity contribution in [3.05, 3.63) is 18.0 Å². The van der Waals surface area contributed by atoms with E-state index in [0.717, 1.165) is 32.5 Å². The van der Waals surface area contributed by atoms with Crippen molar-refractivity contribution >= 4 is 11.8 Å². The first-order valence-electron chi connectivity index (χ1n) is 9.92. The SMILES string of the molecule is CC(C)(C)C(C(=O)NCC1CCN(C(=O)c2ccn[nH]2)CC1)C1CCC1. The summed E-state index contributed by atoms with van der Waals surface area (Å²) in [5.74, 6) is 1.34. The third-order valence-corrected chi connectivity index (χ3v) is 6.03. The Morgan fingerprint density at radius 2 is 1.96 bits per heavy atom. The second-order valence-electron chi connectivity index (χ2n) is 8.99. The molecule has 1 saturated carbocycles. The van der Waals surface area contributed by atoms with E-state index in [1.165, 1.54) is 19.3 Å². The van der Waals surface area contributed by atoms with Gasteiger partial charge in [0, 0.05) is 31.7 Å². The predicted octanol–water partition coefficient (Wildman–Crippen LogP) is 2.84. The first kappa shape index (κ1) is 18.9. The van der Waals surface area contributed by atoms with Crippen LogP contribution in [0.15, 0.2) is 12.3 Å². The van der Waals surface area contributed by atoms with Crippen LogP contribution in [0.25, 0.3) is 0 Å². The van der Waals surface area contributed by atoms with Crippen LogP contribution in [0.2, 0.25) is 0 Å². The fourth-order valence-electron chi connectivity index (χ4n) is 4.33. The standard InChI is InChI=1S/C20H32N4O2/c1-20(2,3)17(15-5-4-6-15)18(25)21-13-14-8-11-24(12-9-14)19(26)16-7-10-22-23-16/h7,10,14-15,17H,4-6,8-9,11-13H2,1-3H3,(H,21,25)(H,22,23). The third-order valence-electron chi connectivity index (χ3n) is 6.03. The van der Waals surface area contributed by atoms with Gasteiger partial charge in [0.2, 0.25) is 5.91 Å². The number of nitrogens with zero attached hydrogens (tertiary/aromatic N) is 2. The van der Waals surface area contributed by atoms with E-state index in [9.17, 15) is 9.59 Å². The fourth-order valence-corrected chi connectivity index (χ4v) is 4.33. The molecule has 6 nitrogen and oxygen atoms in total. The van der Waals surface area contributed by atoms with Crippen LogP contribution in [-0.2, 0) is 4.79 Å². The Kier molecular flexibility index (Phi) is 5.68. The van der Waals surface area contributed by atoms with Crippen LogP contribution in [0.3, 0.4) is 0 Å². The lowest BCUT2D eigenvalue weighted by molar-refractivity contribution is -0.132. The summed E-state index contributed by atoms with van der Waals surface area (Å²) in [5, 5.41) is 9.80. The fraction of sp³-hybridized carbons (Fsp3) is 0.750. The number of nitrogens with one attached hydrogen (secondary N) is 2. The molecule has 1 aliphatic heterocycles. The van der Waals surface area contributed by atoms with Gasteiger partial charge in [-0.05, 0) is 49.0 Å². The Bertz CT molecular complexity index is 608. The maximum Gasteiger partial charge on any atom is 0.271 e. The Balaban J connectivity index is 1.46. The van der Waals surface area contributed by atoms with Crippen molar-refractivity contribution in [2.75, 3.05) is 19.6 Å². The van der Waals surface area contributed by atoms with Gasteiger partial charge in [0.15, 0.2) is 0 Å². The summed E-state index contributed by atoms with van der Waals surface area (Å²) >= 11 is 0. The number of aromatic amines is 1. The predicted molar refractivity (Wildman–Crippen MR) is 101 cm³/mol. The van der Waals surface area contributed by atoms with Gasteiger partial charge in [-0.3, -0.25) is 14.7 Å². The van der Waals surface area contributed by atoms with Crippen molar-refractivity contribution in [3.8, 4) is 0 Å². The smallest absolute Gasteiger partial charge is 0.271 e. The number of rotatable bonds is 5. The Morgan fingerprint density at radius 1 is 1.27 bits per heavy atom. The summed E-state index contributed by atoms with van der Waals surface area (Å²) in [7, 11) is 0.